The fraction of sp³-hybridized carbons (Fsp3) is 0.250. The first kappa shape index (κ1) is 23.8. The first-order valence-electron chi connectivity index (χ1n) is 10.1. The van der Waals surface area contributed by atoms with Crippen molar-refractivity contribution in [1.82, 2.24) is 9.55 Å². The van der Waals surface area contributed by atoms with Gasteiger partial charge in [-0.3, -0.25) is 4.79 Å². The molecule has 0 aliphatic carbocycles. The molecule has 0 amide bonds. The third kappa shape index (κ3) is 6.34. The Hall–Kier alpha value is -3.83. The number of oxime groups is 1. The normalized spacial score (nSPS) is 10.7. The van der Waals surface area contributed by atoms with E-state index in [0.29, 0.717) is 35.2 Å². The smallest absolute Gasteiger partial charge is 0.290 e. The molecule has 8 nitrogen and oxygen atoms in total. The van der Waals surface area contributed by atoms with Gasteiger partial charge in [0, 0.05) is 29.9 Å². The molecule has 1 aromatic heterocycles. The van der Waals surface area contributed by atoms with E-state index in [-0.39, 0.29) is 18.6 Å². The minimum Gasteiger partial charge on any atom is -0.493 e. The summed E-state index contributed by atoms with van der Waals surface area (Å²) >= 11 is 5.87. The quantitative estimate of drug-likeness (QED) is 0.333. The summed E-state index contributed by atoms with van der Waals surface area (Å²) in [7, 11) is 3.17. The Balaban J connectivity index is 1.70. The molecule has 1 heterocycles. The largest absolute Gasteiger partial charge is 0.493 e. The molecule has 3 aromatic rings. The zero-order valence-electron chi connectivity index (χ0n) is 18.3. The number of methoxy groups -OCH3 is 2. The van der Waals surface area contributed by atoms with Crippen LogP contribution in [0.5, 0.6) is 11.5 Å². The van der Waals surface area contributed by atoms with Crippen LogP contribution in [-0.2, 0) is 30.8 Å². The first-order valence-corrected chi connectivity index (χ1v) is 10.5. The van der Waals surface area contributed by atoms with Crippen LogP contribution < -0.4 is 15.0 Å². The van der Waals surface area contributed by atoms with Crippen molar-refractivity contribution in [2.45, 2.75) is 26.0 Å². The predicted molar refractivity (Wildman–Crippen MR) is 125 cm³/mol. The molecular weight excluding hydrogens is 444 g/mol. The van der Waals surface area contributed by atoms with E-state index in [2.05, 4.69) is 10.1 Å². The SMILES string of the molecule is COc1ccc(CCn2cnc(=O)c(C#N)c2C/C=N\OCc2ccc(Cl)cc2)cc1OC. The van der Waals surface area contributed by atoms with Crippen LogP contribution in [0.1, 0.15) is 22.4 Å². The molecule has 0 saturated heterocycles. The predicted octanol–water partition coefficient (Wildman–Crippen LogP) is 3.77. The molecule has 0 saturated carbocycles. The van der Waals surface area contributed by atoms with Gasteiger partial charge in [-0.1, -0.05) is 35.0 Å². The molecule has 0 unspecified atom stereocenters. The van der Waals surface area contributed by atoms with Gasteiger partial charge in [0.2, 0.25) is 0 Å². The molecule has 9 heteroatoms. The average molecular weight is 467 g/mol. The van der Waals surface area contributed by atoms with Gasteiger partial charge in [-0.25, -0.2) is 0 Å². The van der Waals surface area contributed by atoms with Crippen LogP contribution in [0.4, 0.5) is 0 Å². The number of nitriles is 1. The lowest BCUT2D eigenvalue weighted by Gasteiger charge is -2.14. The van der Waals surface area contributed by atoms with Crippen molar-refractivity contribution in [1.29, 1.82) is 5.26 Å². The van der Waals surface area contributed by atoms with Gasteiger partial charge in [-0.05, 0) is 41.8 Å². The van der Waals surface area contributed by atoms with Crippen LogP contribution in [0, 0.1) is 11.3 Å². The highest BCUT2D eigenvalue weighted by molar-refractivity contribution is 6.30. The van der Waals surface area contributed by atoms with Gasteiger partial charge in [0.15, 0.2) is 11.5 Å². The molecule has 3 rings (SSSR count). The number of hydrogen-bond acceptors (Lipinski definition) is 7. The van der Waals surface area contributed by atoms with Crippen LogP contribution in [-0.4, -0.2) is 30.0 Å². The maximum Gasteiger partial charge on any atom is 0.290 e. The summed E-state index contributed by atoms with van der Waals surface area (Å²) < 4.78 is 12.4. The van der Waals surface area contributed by atoms with Crippen molar-refractivity contribution in [2.24, 2.45) is 5.16 Å². The molecule has 0 radical (unpaired) electrons. The molecular formula is C24H23ClN4O4. The van der Waals surface area contributed by atoms with Crippen LogP contribution in [0.2, 0.25) is 5.02 Å². The molecule has 0 aliphatic rings. The fourth-order valence-electron chi connectivity index (χ4n) is 3.20. The highest BCUT2D eigenvalue weighted by Crippen LogP contribution is 2.27. The maximum absolute atomic E-state index is 12.1. The number of aromatic nitrogens is 2. The molecule has 0 atom stereocenters. The van der Waals surface area contributed by atoms with E-state index in [4.69, 9.17) is 25.9 Å². The third-order valence-corrected chi connectivity index (χ3v) is 5.19. The summed E-state index contributed by atoms with van der Waals surface area (Å²) in [6.07, 6.45) is 3.85. The van der Waals surface area contributed by atoms with Crippen LogP contribution >= 0.6 is 11.6 Å². The molecule has 0 bridgehead atoms. The van der Waals surface area contributed by atoms with E-state index in [9.17, 15) is 10.1 Å². The summed E-state index contributed by atoms with van der Waals surface area (Å²) in [6, 6.07) is 14.9. The lowest BCUT2D eigenvalue weighted by atomic mass is 10.1. The van der Waals surface area contributed by atoms with Gasteiger partial charge in [0.25, 0.3) is 5.56 Å². The number of benzene rings is 2. The Morgan fingerprint density at radius 2 is 1.85 bits per heavy atom. The molecule has 0 fully saturated rings. The third-order valence-electron chi connectivity index (χ3n) is 4.94. The fourth-order valence-corrected chi connectivity index (χ4v) is 3.33. The molecule has 0 aliphatic heterocycles. The minimum absolute atomic E-state index is 0.00559. The topological polar surface area (TPSA) is 98.7 Å². The zero-order chi connectivity index (χ0) is 23.6. The second-order valence-corrected chi connectivity index (χ2v) is 7.44. The van der Waals surface area contributed by atoms with Gasteiger partial charge in [-0.2, -0.15) is 10.2 Å². The number of nitrogens with zero attached hydrogens (tertiary/aromatic N) is 4. The summed E-state index contributed by atoms with van der Waals surface area (Å²) in [4.78, 5) is 21.2. The summed E-state index contributed by atoms with van der Waals surface area (Å²) in [5, 5.41) is 14.1. The van der Waals surface area contributed by atoms with E-state index < -0.39 is 5.56 Å². The average Bonchev–Trinajstić information content (AvgIpc) is 2.84. The van der Waals surface area contributed by atoms with E-state index in [1.165, 1.54) is 12.5 Å². The Kier molecular flexibility index (Phi) is 8.44. The van der Waals surface area contributed by atoms with Gasteiger partial charge in [-0.15, -0.1) is 0 Å². The molecule has 33 heavy (non-hydrogen) atoms. The van der Waals surface area contributed by atoms with Gasteiger partial charge in [0.1, 0.15) is 18.2 Å². The standard InChI is InChI=1S/C24H23ClN4O4/c1-31-22-8-5-17(13-23(22)32-2)10-12-29-16-27-24(30)20(14-26)21(29)9-11-28-33-15-18-3-6-19(25)7-4-18/h3-8,11,13,16H,9-10,12,15H2,1-2H3/b28-11-. The van der Waals surface area contributed by atoms with Crippen LogP contribution in [0.15, 0.2) is 58.7 Å². The summed E-state index contributed by atoms with van der Waals surface area (Å²) in [5.74, 6) is 1.28. The molecule has 2 aromatic carbocycles. The lowest BCUT2D eigenvalue weighted by molar-refractivity contribution is 0.131. The van der Waals surface area contributed by atoms with E-state index in [1.54, 1.807) is 30.9 Å². The minimum atomic E-state index is -0.564. The summed E-state index contributed by atoms with van der Waals surface area (Å²) in [6.45, 7) is 0.785. The first-order chi connectivity index (χ1) is 16.0. The number of hydrogen-bond donors (Lipinski definition) is 0. The van der Waals surface area contributed by atoms with Crippen molar-refractivity contribution in [3.05, 3.63) is 86.6 Å². The highest BCUT2D eigenvalue weighted by Gasteiger charge is 2.12. The summed E-state index contributed by atoms with van der Waals surface area (Å²) in [5.41, 5.74) is 1.89. The lowest BCUT2D eigenvalue weighted by Crippen LogP contribution is -2.21. The molecule has 0 N–H and O–H groups in total. The van der Waals surface area contributed by atoms with Gasteiger partial charge in [0.05, 0.1) is 20.5 Å². The Labute approximate surface area is 196 Å². The van der Waals surface area contributed by atoms with Gasteiger partial charge >= 0.3 is 0 Å². The van der Waals surface area contributed by atoms with Crippen LogP contribution in [0.25, 0.3) is 0 Å². The number of ether oxygens (including phenoxy) is 2. The van der Waals surface area contributed by atoms with Crippen molar-refractivity contribution >= 4 is 17.8 Å². The van der Waals surface area contributed by atoms with Crippen molar-refractivity contribution in [3.63, 3.8) is 0 Å². The Bertz CT molecular complexity index is 1220. The Morgan fingerprint density at radius 1 is 1.12 bits per heavy atom. The van der Waals surface area contributed by atoms with Crippen molar-refractivity contribution < 1.29 is 14.3 Å². The maximum atomic E-state index is 12.1. The second-order valence-electron chi connectivity index (χ2n) is 7.01. The van der Waals surface area contributed by atoms with E-state index in [0.717, 1.165) is 11.1 Å². The van der Waals surface area contributed by atoms with Gasteiger partial charge < -0.3 is 18.9 Å². The van der Waals surface area contributed by atoms with E-state index in [1.807, 2.05) is 36.4 Å². The number of aryl methyl sites for hydroxylation is 2. The number of halogens is 1. The van der Waals surface area contributed by atoms with E-state index >= 15 is 0 Å². The monoisotopic (exact) mass is 466 g/mol. The zero-order valence-corrected chi connectivity index (χ0v) is 19.1. The highest BCUT2D eigenvalue weighted by atomic mass is 35.5. The van der Waals surface area contributed by atoms with Crippen LogP contribution in [0.3, 0.4) is 0 Å². The van der Waals surface area contributed by atoms with Crippen molar-refractivity contribution in [3.8, 4) is 17.6 Å². The van der Waals surface area contributed by atoms with Crippen molar-refractivity contribution in [2.75, 3.05) is 14.2 Å². The molecule has 170 valence electrons. The Morgan fingerprint density at radius 3 is 2.55 bits per heavy atom. The second kappa shape index (κ2) is 11.7. The number of rotatable bonds is 10. The molecule has 0 spiro atoms.